The van der Waals surface area contributed by atoms with E-state index in [0.29, 0.717) is 22.3 Å². The quantitative estimate of drug-likeness (QED) is 0.291. The van der Waals surface area contributed by atoms with Crippen molar-refractivity contribution in [1.29, 1.82) is 0 Å². The molecule has 1 N–H and O–H groups in total. The first kappa shape index (κ1) is 29.3. The molecule has 0 aliphatic heterocycles. The monoisotopic (exact) mass is 603 g/mol. The molecule has 0 radical (unpaired) electrons. The van der Waals surface area contributed by atoms with E-state index in [1.165, 1.54) is 41.3 Å². The predicted octanol–water partition coefficient (Wildman–Crippen LogP) is 5.12. The highest BCUT2D eigenvalue weighted by Crippen LogP contribution is 2.27. The number of carbonyl (C=O) groups excluding carboxylic acids is 2. The summed E-state index contributed by atoms with van der Waals surface area (Å²) in [5.41, 5.74) is 0.895. The first-order chi connectivity index (χ1) is 18.1. The van der Waals surface area contributed by atoms with Crippen LogP contribution in [0.2, 0.25) is 0 Å². The van der Waals surface area contributed by atoms with Gasteiger partial charge in [0, 0.05) is 17.6 Å². The van der Waals surface area contributed by atoms with Crippen molar-refractivity contribution in [1.82, 2.24) is 10.2 Å². The molecule has 0 aliphatic carbocycles. The fraction of sp³-hybridized carbons (Fsp3) is 0.286. The van der Waals surface area contributed by atoms with Crippen LogP contribution >= 0.6 is 15.9 Å². The SMILES string of the molecule is CCCCNC(=O)C(C)N(Cc1ccc(F)cc1)C(=O)CN(c1cccc(Br)c1)S(=O)(=O)c1ccccc1. The third kappa shape index (κ3) is 7.64. The molecular weight excluding hydrogens is 573 g/mol. The summed E-state index contributed by atoms with van der Waals surface area (Å²) in [5.74, 6) is -1.35. The Morgan fingerprint density at radius 2 is 1.68 bits per heavy atom. The molecule has 3 aromatic rings. The van der Waals surface area contributed by atoms with E-state index in [1.807, 2.05) is 6.92 Å². The number of unbranched alkanes of at least 4 members (excludes halogenated alkanes) is 1. The normalized spacial score (nSPS) is 12.0. The van der Waals surface area contributed by atoms with E-state index in [-0.39, 0.29) is 17.3 Å². The molecule has 202 valence electrons. The van der Waals surface area contributed by atoms with Gasteiger partial charge in [0.1, 0.15) is 18.4 Å². The number of hydrogen-bond donors (Lipinski definition) is 1. The Hall–Kier alpha value is -3.24. The predicted molar refractivity (Wildman–Crippen MR) is 149 cm³/mol. The summed E-state index contributed by atoms with van der Waals surface area (Å²) in [6.07, 6.45) is 1.68. The van der Waals surface area contributed by atoms with Gasteiger partial charge in [0.2, 0.25) is 11.8 Å². The number of carbonyl (C=O) groups is 2. The fourth-order valence-corrected chi connectivity index (χ4v) is 5.60. The van der Waals surface area contributed by atoms with E-state index in [0.717, 1.165) is 17.1 Å². The number of hydrogen-bond acceptors (Lipinski definition) is 4. The van der Waals surface area contributed by atoms with Gasteiger partial charge in [-0.15, -0.1) is 0 Å². The number of nitrogens with zero attached hydrogens (tertiary/aromatic N) is 2. The number of rotatable bonds is 12. The van der Waals surface area contributed by atoms with Crippen LogP contribution in [0.3, 0.4) is 0 Å². The smallest absolute Gasteiger partial charge is 0.264 e. The van der Waals surface area contributed by atoms with Crippen molar-refractivity contribution in [3.63, 3.8) is 0 Å². The third-order valence-electron chi connectivity index (χ3n) is 5.97. The zero-order chi connectivity index (χ0) is 27.7. The summed E-state index contributed by atoms with van der Waals surface area (Å²) in [7, 11) is -4.13. The number of amides is 2. The topological polar surface area (TPSA) is 86.8 Å². The molecule has 38 heavy (non-hydrogen) atoms. The molecule has 1 unspecified atom stereocenters. The van der Waals surface area contributed by atoms with Crippen molar-refractivity contribution in [2.45, 2.75) is 44.2 Å². The second-order valence-electron chi connectivity index (χ2n) is 8.77. The van der Waals surface area contributed by atoms with E-state index in [4.69, 9.17) is 0 Å². The average molecular weight is 605 g/mol. The molecule has 10 heteroatoms. The van der Waals surface area contributed by atoms with Gasteiger partial charge in [-0.1, -0.05) is 65.7 Å². The Balaban J connectivity index is 1.98. The van der Waals surface area contributed by atoms with Gasteiger partial charge in [-0.3, -0.25) is 13.9 Å². The largest absolute Gasteiger partial charge is 0.354 e. The van der Waals surface area contributed by atoms with Crippen molar-refractivity contribution in [3.8, 4) is 0 Å². The number of nitrogens with one attached hydrogen (secondary N) is 1. The van der Waals surface area contributed by atoms with E-state index in [2.05, 4.69) is 21.2 Å². The van der Waals surface area contributed by atoms with Gasteiger partial charge in [0.15, 0.2) is 0 Å². The second-order valence-corrected chi connectivity index (χ2v) is 11.6. The molecule has 0 saturated carbocycles. The Morgan fingerprint density at radius 1 is 1.00 bits per heavy atom. The molecule has 0 spiro atoms. The maximum absolute atomic E-state index is 13.8. The van der Waals surface area contributed by atoms with Crippen LogP contribution in [0.25, 0.3) is 0 Å². The van der Waals surface area contributed by atoms with Crippen LogP contribution < -0.4 is 9.62 Å². The van der Waals surface area contributed by atoms with Crippen LogP contribution in [-0.4, -0.2) is 44.3 Å². The minimum Gasteiger partial charge on any atom is -0.354 e. The summed E-state index contributed by atoms with van der Waals surface area (Å²) in [6, 6.07) is 19.2. The fourth-order valence-electron chi connectivity index (χ4n) is 3.78. The zero-order valence-corrected chi connectivity index (χ0v) is 23.7. The molecule has 2 amide bonds. The van der Waals surface area contributed by atoms with Crippen LogP contribution in [0.5, 0.6) is 0 Å². The van der Waals surface area contributed by atoms with Crippen molar-refractivity contribution in [2.75, 3.05) is 17.4 Å². The van der Waals surface area contributed by atoms with Crippen molar-refractivity contribution in [2.24, 2.45) is 0 Å². The first-order valence-corrected chi connectivity index (χ1v) is 14.5. The third-order valence-corrected chi connectivity index (χ3v) is 8.25. The lowest BCUT2D eigenvalue weighted by Gasteiger charge is -2.32. The Bertz CT molecular complexity index is 1340. The molecule has 0 aromatic heterocycles. The van der Waals surface area contributed by atoms with Gasteiger partial charge in [-0.05, 0) is 61.4 Å². The second kappa shape index (κ2) is 13.5. The molecule has 3 aromatic carbocycles. The summed E-state index contributed by atoms with van der Waals surface area (Å²) in [4.78, 5) is 28.1. The molecule has 0 fully saturated rings. The van der Waals surface area contributed by atoms with Crippen molar-refractivity contribution >= 4 is 43.5 Å². The summed E-state index contributed by atoms with van der Waals surface area (Å²) in [6.45, 7) is 3.52. The van der Waals surface area contributed by atoms with Gasteiger partial charge in [0.05, 0.1) is 10.6 Å². The van der Waals surface area contributed by atoms with E-state index >= 15 is 0 Å². The standard InChI is InChI=1S/C28H31BrFN3O4S/c1-3-4-17-31-28(35)21(2)32(19-22-13-15-24(30)16-14-22)27(34)20-33(25-10-8-9-23(29)18-25)38(36,37)26-11-6-5-7-12-26/h5-16,18,21H,3-4,17,19-20H2,1-2H3,(H,31,35). The minimum absolute atomic E-state index is 0.000807. The highest BCUT2D eigenvalue weighted by atomic mass is 79.9. The van der Waals surface area contributed by atoms with Crippen molar-refractivity contribution < 1.29 is 22.4 Å². The highest BCUT2D eigenvalue weighted by Gasteiger charge is 2.32. The van der Waals surface area contributed by atoms with E-state index < -0.39 is 34.3 Å². The molecular formula is C28H31BrFN3O4S. The molecule has 3 rings (SSSR count). The Labute approximate surface area is 231 Å². The molecule has 1 atom stereocenters. The highest BCUT2D eigenvalue weighted by molar-refractivity contribution is 9.10. The van der Waals surface area contributed by atoms with Gasteiger partial charge in [0.25, 0.3) is 10.0 Å². The maximum atomic E-state index is 13.8. The lowest BCUT2D eigenvalue weighted by molar-refractivity contribution is -0.139. The maximum Gasteiger partial charge on any atom is 0.264 e. The summed E-state index contributed by atoms with van der Waals surface area (Å²) < 4.78 is 42.6. The van der Waals surface area contributed by atoms with Crippen LogP contribution in [-0.2, 0) is 26.2 Å². The minimum atomic E-state index is -4.13. The van der Waals surface area contributed by atoms with Crippen LogP contribution in [0, 0.1) is 5.82 Å². The van der Waals surface area contributed by atoms with Crippen molar-refractivity contribution in [3.05, 3.63) is 94.7 Å². The Morgan fingerprint density at radius 3 is 2.32 bits per heavy atom. The van der Waals surface area contributed by atoms with E-state index in [1.54, 1.807) is 49.4 Å². The summed E-state index contributed by atoms with van der Waals surface area (Å²) in [5, 5.41) is 2.83. The molecule has 0 saturated heterocycles. The van der Waals surface area contributed by atoms with Gasteiger partial charge in [-0.2, -0.15) is 0 Å². The number of benzene rings is 3. The number of halogens is 2. The molecule has 7 nitrogen and oxygen atoms in total. The number of anilines is 1. The van der Waals surface area contributed by atoms with Gasteiger partial charge in [-0.25, -0.2) is 12.8 Å². The summed E-state index contributed by atoms with van der Waals surface area (Å²) >= 11 is 3.37. The van der Waals surface area contributed by atoms with Crippen LogP contribution in [0.4, 0.5) is 10.1 Å². The molecule has 0 aliphatic rings. The first-order valence-electron chi connectivity index (χ1n) is 12.3. The van der Waals surface area contributed by atoms with Gasteiger partial charge < -0.3 is 10.2 Å². The lowest BCUT2D eigenvalue weighted by Crippen LogP contribution is -2.51. The zero-order valence-electron chi connectivity index (χ0n) is 21.3. The number of sulfonamides is 1. The average Bonchev–Trinajstić information content (AvgIpc) is 2.91. The van der Waals surface area contributed by atoms with Crippen LogP contribution in [0.1, 0.15) is 32.3 Å². The lowest BCUT2D eigenvalue weighted by atomic mass is 10.1. The Kier molecular flexibility index (Phi) is 10.4. The molecule has 0 bridgehead atoms. The van der Waals surface area contributed by atoms with E-state index in [9.17, 15) is 22.4 Å². The molecule has 0 heterocycles. The van der Waals surface area contributed by atoms with Crippen LogP contribution in [0.15, 0.2) is 88.2 Å². The van der Waals surface area contributed by atoms with Gasteiger partial charge >= 0.3 is 0 Å².